The minimum absolute atomic E-state index is 0.358. The molecule has 0 spiro atoms. The van der Waals surface area contributed by atoms with Crippen LogP contribution in [0.1, 0.15) is 20.3 Å². The molecule has 0 fully saturated rings. The second-order valence-electron chi connectivity index (χ2n) is 3.25. The predicted octanol–water partition coefficient (Wildman–Crippen LogP) is 1.88. The Kier molecular flexibility index (Phi) is 3.56. The van der Waals surface area contributed by atoms with Crippen LogP contribution in [0.5, 0.6) is 5.88 Å². The van der Waals surface area contributed by atoms with Crippen molar-refractivity contribution < 1.29 is 4.74 Å². The van der Waals surface area contributed by atoms with E-state index in [0.29, 0.717) is 23.4 Å². The largest absolute Gasteiger partial charge is 0.481 e. The Bertz CT molecular complexity index is 301. The number of hydrogen-bond donors (Lipinski definition) is 2. The molecule has 0 radical (unpaired) electrons. The lowest BCUT2D eigenvalue weighted by Crippen LogP contribution is -2.15. The monoisotopic (exact) mass is 195 g/mol. The van der Waals surface area contributed by atoms with Crippen molar-refractivity contribution in [3.63, 3.8) is 0 Å². The molecule has 1 heterocycles. The zero-order valence-corrected chi connectivity index (χ0v) is 8.87. The highest BCUT2D eigenvalue weighted by Crippen LogP contribution is 2.20. The van der Waals surface area contributed by atoms with Gasteiger partial charge in [-0.1, -0.05) is 6.92 Å². The summed E-state index contributed by atoms with van der Waals surface area (Å²) < 4.78 is 5.02. The zero-order chi connectivity index (χ0) is 10.6. The van der Waals surface area contributed by atoms with E-state index in [0.717, 1.165) is 6.42 Å². The number of methoxy groups -OCH3 is 1. The molecule has 4 nitrogen and oxygen atoms in total. The van der Waals surface area contributed by atoms with Gasteiger partial charge in [0.1, 0.15) is 0 Å². The van der Waals surface area contributed by atoms with Crippen molar-refractivity contribution in [3.8, 4) is 5.88 Å². The number of hydrogen-bond acceptors (Lipinski definition) is 4. The van der Waals surface area contributed by atoms with Gasteiger partial charge in [-0.2, -0.15) is 4.98 Å². The third-order valence-corrected chi connectivity index (χ3v) is 2.11. The Morgan fingerprint density at radius 3 is 2.86 bits per heavy atom. The number of nitrogen functional groups attached to an aromatic ring is 1. The van der Waals surface area contributed by atoms with Crippen LogP contribution in [0.4, 0.5) is 11.5 Å². The van der Waals surface area contributed by atoms with E-state index in [1.165, 1.54) is 0 Å². The van der Waals surface area contributed by atoms with E-state index < -0.39 is 0 Å². The second kappa shape index (κ2) is 4.69. The third kappa shape index (κ3) is 2.52. The molecule has 0 aliphatic rings. The average molecular weight is 195 g/mol. The summed E-state index contributed by atoms with van der Waals surface area (Å²) in [6.07, 6.45) is 1.03. The zero-order valence-electron chi connectivity index (χ0n) is 8.87. The van der Waals surface area contributed by atoms with Gasteiger partial charge in [-0.3, -0.25) is 0 Å². The lowest BCUT2D eigenvalue weighted by molar-refractivity contribution is 0.398. The average Bonchev–Trinajstić information content (AvgIpc) is 2.21. The number of nitrogens with one attached hydrogen (secondary N) is 1. The lowest BCUT2D eigenvalue weighted by atomic mass is 10.2. The highest BCUT2D eigenvalue weighted by molar-refractivity contribution is 5.62. The van der Waals surface area contributed by atoms with Crippen molar-refractivity contribution in [1.82, 2.24) is 4.98 Å². The van der Waals surface area contributed by atoms with Crippen LogP contribution in [-0.2, 0) is 0 Å². The summed E-state index contributed by atoms with van der Waals surface area (Å²) in [5, 5.41) is 3.22. The summed E-state index contributed by atoms with van der Waals surface area (Å²) in [7, 11) is 1.59. The van der Waals surface area contributed by atoms with Crippen LogP contribution < -0.4 is 15.8 Å². The number of ether oxygens (including phenoxy) is 1. The van der Waals surface area contributed by atoms with Crippen molar-refractivity contribution in [2.24, 2.45) is 0 Å². The predicted molar refractivity (Wildman–Crippen MR) is 58.6 cm³/mol. The third-order valence-electron chi connectivity index (χ3n) is 2.11. The van der Waals surface area contributed by atoms with Crippen LogP contribution in [0.15, 0.2) is 12.1 Å². The first-order valence-corrected chi connectivity index (χ1v) is 4.74. The normalized spacial score (nSPS) is 12.2. The fourth-order valence-corrected chi connectivity index (χ4v) is 1.02. The number of nitrogens with zero attached hydrogens (tertiary/aromatic N) is 1. The number of pyridine rings is 1. The molecule has 0 saturated heterocycles. The number of anilines is 2. The SMILES string of the molecule is CCC(C)Nc1nc(OC)ccc1N. The molecule has 1 rings (SSSR count). The summed E-state index contributed by atoms with van der Waals surface area (Å²) >= 11 is 0. The first kappa shape index (κ1) is 10.6. The van der Waals surface area contributed by atoms with Gasteiger partial charge in [-0.15, -0.1) is 0 Å². The van der Waals surface area contributed by atoms with Crippen molar-refractivity contribution in [3.05, 3.63) is 12.1 Å². The topological polar surface area (TPSA) is 60.2 Å². The molecule has 1 aromatic rings. The van der Waals surface area contributed by atoms with Crippen molar-refractivity contribution in [2.75, 3.05) is 18.2 Å². The standard InChI is InChI=1S/C10H17N3O/c1-4-7(2)12-10-8(11)5-6-9(13-10)14-3/h5-7H,4,11H2,1-3H3,(H,12,13). The van der Waals surface area contributed by atoms with Gasteiger partial charge in [0.25, 0.3) is 0 Å². The van der Waals surface area contributed by atoms with E-state index in [-0.39, 0.29) is 0 Å². The Balaban J connectivity index is 2.83. The highest BCUT2D eigenvalue weighted by Gasteiger charge is 2.05. The van der Waals surface area contributed by atoms with Gasteiger partial charge in [0, 0.05) is 12.1 Å². The van der Waals surface area contributed by atoms with Crippen molar-refractivity contribution >= 4 is 11.5 Å². The molecular weight excluding hydrogens is 178 g/mol. The van der Waals surface area contributed by atoms with Crippen molar-refractivity contribution in [1.29, 1.82) is 0 Å². The summed E-state index contributed by atoms with van der Waals surface area (Å²) in [5.74, 6) is 1.27. The molecule has 1 unspecified atom stereocenters. The van der Waals surface area contributed by atoms with E-state index in [2.05, 4.69) is 24.1 Å². The summed E-state index contributed by atoms with van der Waals surface area (Å²) in [6, 6.07) is 3.89. The number of nitrogens with two attached hydrogens (primary N) is 1. The van der Waals surface area contributed by atoms with Crippen LogP contribution in [0, 0.1) is 0 Å². The van der Waals surface area contributed by atoms with Crippen LogP contribution in [0.25, 0.3) is 0 Å². The van der Waals surface area contributed by atoms with Gasteiger partial charge in [-0.05, 0) is 19.4 Å². The van der Waals surface area contributed by atoms with Crippen molar-refractivity contribution in [2.45, 2.75) is 26.3 Å². The van der Waals surface area contributed by atoms with E-state index in [9.17, 15) is 0 Å². The summed E-state index contributed by atoms with van der Waals surface area (Å²) in [5.41, 5.74) is 6.41. The molecule has 1 aromatic heterocycles. The Labute approximate surface area is 84.5 Å². The molecular formula is C10H17N3O. The molecule has 0 bridgehead atoms. The van der Waals surface area contributed by atoms with Gasteiger partial charge < -0.3 is 15.8 Å². The van der Waals surface area contributed by atoms with Crippen LogP contribution in [0.3, 0.4) is 0 Å². The molecule has 0 amide bonds. The minimum Gasteiger partial charge on any atom is -0.481 e. The molecule has 3 N–H and O–H groups in total. The first-order chi connectivity index (χ1) is 6.67. The quantitative estimate of drug-likeness (QED) is 0.770. The van der Waals surface area contributed by atoms with Gasteiger partial charge in [0.2, 0.25) is 5.88 Å². The van der Waals surface area contributed by atoms with E-state index >= 15 is 0 Å². The highest BCUT2D eigenvalue weighted by atomic mass is 16.5. The van der Waals surface area contributed by atoms with E-state index in [1.54, 1.807) is 19.2 Å². The van der Waals surface area contributed by atoms with Gasteiger partial charge >= 0.3 is 0 Å². The van der Waals surface area contributed by atoms with Gasteiger partial charge in [-0.25, -0.2) is 0 Å². The van der Waals surface area contributed by atoms with Gasteiger partial charge in [0.05, 0.1) is 12.8 Å². The number of rotatable bonds is 4. The summed E-state index contributed by atoms with van der Waals surface area (Å²) in [6.45, 7) is 4.19. The molecule has 14 heavy (non-hydrogen) atoms. The smallest absolute Gasteiger partial charge is 0.215 e. The number of aromatic nitrogens is 1. The van der Waals surface area contributed by atoms with Gasteiger partial charge in [0.15, 0.2) is 5.82 Å². The Morgan fingerprint density at radius 1 is 1.57 bits per heavy atom. The minimum atomic E-state index is 0.358. The Morgan fingerprint density at radius 2 is 2.29 bits per heavy atom. The Hall–Kier alpha value is -1.45. The maximum atomic E-state index is 5.77. The molecule has 4 heteroatoms. The fraction of sp³-hybridized carbons (Fsp3) is 0.500. The maximum Gasteiger partial charge on any atom is 0.215 e. The van der Waals surface area contributed by atoms with E-state index in [1.807, 2.05) is 0 Å². The van der Waals surface area contributed by atoms with Crippen LogP contribution in [-0.4, -0.2) is 18.1 Å². The molecule has 78 valence electrons. The molecule has 0 aliphatic carbocycles. The molecule has 1 atom stereocenters. The molecule has 0 aliphatic heterocycles. The van der Waals surface area contributed by atoms with Crippen LogP contribution >= 0.6 is 0 Å². The molecule has 0 saturated carbocycles. The van der Waals surface area contributed by atoms with E-state index in [4.69, 9.17) is 10.5 Å². The summed E-state index contributed by atoms with van der Waals surface area (Å²) in [4.78, 5) is 4.22. The maximum absolute atomic E-state index is 5.77. The fourth-order valence-electron chi connectivity index (χ4n) is 1.02. The van der Waals surface area contributed by atoms with Crippen LogP contribution in [0.2, 0.25) is 0 Å². The molecule has 0 aromatic carbocycles. The second-order valence-corrected chi connectivity index (χ2v) is 3.25. The lowest BCUT2D eigenvalue weighted by Gasteiger charge is -2.14. The first-order valence-electron chi connectivity index (χ1n) is 4.74.